The molecule has 2 rings (SSSR count). The first-order valence-electron chi connectivity index (χ1n) is 8.09. The third kappa shape index (κ3) is 4.92. The number of nitrogens with one attached hydrogen (secondary N) is 1. The number of hydrogen-bond donors (Lipinski definition) is 1. The predicted octanol–water partition coefficient (Wildman–Crippen LogP) is 3.78. The molecule has 0 spiro atoms. The molecule has 0 amide bonds. The molecular weight excluding hydrogens is 246 g/mol. The molecule has 0 bridgehead atoms. The third-order valence-corrected chi connectivity index (χ3v) is 4.08. The van der Waals surface area contributed by atoms with Crippen molar-refractivity contribution < 1.29 is 4.74 Å². The van der Waals surface area contributed by atoms with E-state index in [-0.39, 0.29) is 0 Å². The molecule has 2 heteroatoms. The van der Waals surface area contributed by atoms with Gasteiger partial charge in [-0.2, -0.15) is 0 Å². The van der Waals surface area contributed by atoms with E-state index in [9.17, 15) is 0 Å². The van der Waals surface area contributed by atoms with E-state index in [4.69, 9.17) is 4.74 Å². The van der Waals surface area contributed by atoms with Gasteiger partial charge in [-0.1, -0.05) is 36.2 Å². The maximum atomic E-state index is 5.90. The number of hydrogen-bond acceptors (Lipinski definition) is 2. The lowest BCUT2D eigenvalue weighted by Crippen LogP contribution is -2.36. The molecule has 1 fully saturated rings. The van der Waals surface area contributed by atoms with E-state index >= 15 is 0 Å². The molecule has 1 aliphatic rings. The first kappa shape index (κ1) is 15.5. The van der Waals surface area contributed by atoms with E-state index in [0.29, 0.717) is 12.1 Å². The van der Waals surface area contributed by atoms with Crippen LogP contribution < -0.4 is 5.32 Å². The van der Waals surface area contributed by atoms with Crippen molar-refractivity contribution in [2.45, 2.75) is 65.0 Å². The number of ether oxygens (including phenoxy) is 1. The van der Waals surface area contributed by atoms with Crippen molar-refractivity contribution in [1.82, 2.24) is 5.32 Å². The quantitative estimate of drug-likeness (QED) is 0.853. The Bertz CT molecular complexity index is 390. The maximum absolute atomic E-state index is 5.90. The van der Waals surface area contributed by atoms with Gasteiger partial charge in [0.1, 0.15) is 0 Å². The summed E-state index contributed by atoms with van der Waals surface area (Å²) in [6.45, 7) is 8.54. The Hall–Kier alpha value is -0.860. The SMILES string of the molecule is CCNC(Cc1cc(C)cc(C)c1)CC1CCCCO1. The monoisotopic (exact) mass is 275 g/mol. The second kappa shape index (κ2) is 7.80. The smallest absolute Gasteiger partial charge is 0.0590 e. The third-order valence-electron chi connectivity index (χ3n) is 4.08. The lowest BCUT2D eigenvalue weighted by Gasteiger charge is -2.27. The van der Waals surface area contributed by atoms with E-state index in [1.807, 2.05) is 0 Å². The van der Waals surface area contributed by atoms with Gasteiger partial charge in [0.15, 0.2) is 0 Å². The minimum atomic E-state index is 0.457. The summed E-state index contributed by atoms with van der Waals surface area (Å²) >= 11 is 0. The zero-order valence-corrected chi connectivity index (χ0v) is 13.2. The second-order valence-electron chi connectivity index (χ2n) is 6.18. The van der Waals surface area contributed by atoms with Gasteiger partial charge in [0.05, 0.1) is 6.10 Å². The summed E-state index contributed by atoms with van der Waals surface area (Å²) < 4.78 is 5.90. The fourth-order valence-corrected chi connectivity index (χ4v) is 3.31. The zero-order valence-electron chi connectivity index (χ0n) is 13.2. The Morgan fingerprint density at radius 1 is 1.20 bits per heavy atom. The van der Waals surface area contributed by atoms with E-state index in [1.54, 1.807) is 0 Å². The van der Waals surface area contributed by atoms with Crippen LogP contribution in [-0.4, -0.2) is 25.3 Å². The molecule has 1 saturated heterocycles. The summed E-state index contributed by atoms with van der Waals surface area (Å²) in [5.41, 5.74) is 4.18. The summed E-state index contributed by atoms with van der Waals surface area (Å²) in [4.78, 5) is 0. The first-order chi connectivity index (χ1) is 9.67. The summed E-state index contributed by atoms with van der Waals surface area (Å²) in [6.07, 6.45) is 6.50. The normalized spacial score (nSPS) is 20.9. The molecule has 1 N–H and O–H groups in total. The van der Waals surface area contributed by atoms with E-state index in [0.717, 1.165) is 26.0 Å². The van der Waals surface area contributed by atoms with Crippen LogP contribution in [0.25, 0.3) is 0 Å². The highest BCUT2D eigenvalue weighted by Gasteiger charge is 2.19. The Kier molecular flexibility index (Phi) is 6.06. The van der Waals surface area contributed by atoms with Crippen LogP contribution in [0.3, 0.4) is 0 Å². The van der Waals surface area contributed by atoms with Crippen molar-refractivity contribution in [1.29, 1.82) is 0 Å². The second-order valence-corrected chi connectivity index (χ2v) is 6.18. The van der Waals surface area contributed by atoms with E-state index in [1.165, 1.54) is 36.0 Å². The average molecular weight is 275 g/mol. The molecule has 1 heterocycles. The van der Waals surface area contributed by atoms with Gasteiger partial charge in [-0.25, -0.2) is 0 Å². The van der Waals surface area contributed by atoms with Gasteiger partial charge in [0.25, 0.3) is 0 Å². The molecule has 0 radical (unpaired) electrons. The van der Waals surface area contributed by atoms with Gasteiger partial charge in [-0.05, 0) is 58.1 Å². The molecular formula is C18H29NO. The Balaban J connectivity index is 1.96. The zero-order chi connectivity index (χ0) is 14.4. The summed E-state index contributed by atoms with van der Waals surface area (Å²) in [5.74, 6) is 0. The van der Waals surface area contributed by atoms with Crippen molar-refractivity contribution in [3.63, 3.8) is 0 Å². The van der Waals surface area contributed by atoms with Gasteiger partial charge in [0.2, 0.25) is 0 Å². The van der Waals surface area contributed by atoms with Crippen LogP contribution in [0.15, 0.2) is 18.2 Å². The Labute approximate surface area is 123 Å². The van der Waals surface area contributed by atoms with Gasteiger partial charge >= 0.3 is 0 Å². The number of aryl methyl sites for hydroxylation is 2. The molecule has 0 saturated carbocycles. The van der Waals surface area contributed by atoms with Crippen LogP contribution >= 0.6 is 0 Å². The molecule has 1 aromatic rings. The summed E-state index contributed by atoms with van der Waals surface area (Å²) in [7, 11) is 0. The Morgan fingerprint density at radius 2 is 1.95 bits per heavy atom. The van der Waals surface area contributed by atoms with Crippen LogP contribution in [0, 0.1) is 13.8 Å². The molecule has 0 aliphatic carbocycles. The topological polar surface area (TPSA) is 21.3 Å². The van der Waals surface area contributed by atoms with Crippen LogP contribution in [0.4, 0.5) is 0 Å². The molecule has 1 aromatic carbocycles. The molecule has 2 nitrogen and oxygen atoms in total. The van der Waals surface area contributed by atoms with Crippen molar-refractivity contribution in [3.05, 3.63) is 34.9 Å². The largest absolute Gasteiger partial charge is 0.378 e. The van der Waals surface area contributed by atoms with Gasteiger partial charge in [-0.3, -0.25) is 0 Å². The highest BCUT2D eigenvalue weighted by atomic mass is 16.5. The Morgan fingerprint density at radius 3 is 2.55 bits per heavy atom. The number of benzene rings is 1. The van der Waals surface area contributed by atoms with E-state index < -0.39 is 0 Å². The van der Waals surface area contributed by atoms with Crippen molar-refractivity contribution in [3.8, 4) is 0 Å². The minimum absolute atomic E-state index is 0.457. The fraction of sp³-hybridized carbons (Fsp3) is 0.667. The average Bonchev–Trinajstić information content (AvgIpc) is 2.39. The molecule has 1 aliphatic heterocycles. The minimum Gasteiger partial charge on any atom is -0.378 e. The van der Waals surface area contributed by atoms with Crippen LogP contribution in [0.5, 0.6) is 0 Å². The molecule has 2 atom stereocenters. The maximum Gasteiger partial charge on any atom is 0.0590 e. The van der Waals surface area contributed by atoms with Crippen molar-refractivity contribution >= 4 is 0 Å². The standard InChI is InChI=1S/C18H29NO/c1-4-19-17(13-18-7-5-6-8-20-18)12-16-10-14(2)9-15(3)11-16/h9-11,17-19H,4-8,12-13H2,1-3H3. The fourth-order valence-electron chi connectivity index (χ4n) is 3.31. The molecule has 2 unspecified atom stereocenters. The van der Waals surface area contributed by atoms with Gasteiger partial charge < -0.3 is 10.1 Å². The van der Waals surface area contributed by atoms with Crippen molar-refractivity contribution in [2.24, 2.45) is 0 Å². The number of likely N-dealkylation sites (N-methyl/N-ethyl adjacent to an activating group) is 1. The summed E-state index contributed by atoms with van der Waals surface area (Å²) in [5, 5.41) is 3.64. The molecule has 112 valence electrons. The lowest BCUT2D eigenvalue weighted by atomic mass is 9.95. The first-order valence-corrected chi connectivity index (χ1v) is 8.09. The number of rotatable bonds is 6. The van der Waals surface area contributed by atoms with Crippen LogP contribution in [-0.2, 0) is 11.2 Å². The van der Waals surface area contributed by atoms with Crippen LogP contribution in [0.2, 0.25) is 0 Å². The van der Waals surface area contributed by atoms with Gasteiger partial charge in [-0.15, -0.1) is 0 Å². The van der Waals surface area contributed by atoms with Crippen molar-refractivity contribution in [2.75, 3.05) is 13.2 Å². The summed E-state index contributed by atoms with van der Waals surface area (Å²) in [6, 6.07) is 7.41. The van der Waals surface area contributed by atoms with Crippen LogP contribution in [0.1, 0.15) is 49.3 Å². The predicted molar refractivity (Wildman–Crippen MR) is 85.3 cm³/mol. The highest BCUT2D eigenvalue weighted by Crippen LogP contribution is 2.19. The molecule has 20 heavy (non-hydrogen) atoms. The lowest BCUT2D eigenvalue weighted by molar-refractivity contribution is 0.00535. The highest BCUT2D eigenvalue weighted by molar-refractivity contribution is 5.29. The molecule has 0 aromatic heterocycles. The van der Waals surface area contributed by atoms with E-state index in [2.05, 4.69) is 44.3 Å². The van der Waals surface area contributed by atoms with Gasteiger partial charge in [0, 0.05) is 12.6 Å².